The number of rotatable bonds is 1. The van der Waals surface area contributed by atoms with Gasteiger partial charge < -0.3 is 19.1 Å². The zero-order valence-electron chi connectivity index (χ0n) is 8.56. The van der Waals surface area contributed by atoms with Crippen molar-refractivity contribution < 1.29 is 19.4 Å². The van der Waals surface area contributed by atoms with E-state index in [9.17, 15) is 4.79 Å². The van der Waals surface area contributed by atoms with Crippen LogP contribution in [0.25, 0.3) is 10.9 Å². The van der Waals surface area contributed by atoms with Crippen LogP contribution in [0, 0.1) is 0 Å². The molecule has 1 aromatic carbocycles. The third kappa shape index (κ3) is 1.08. The van der Waals surface area contributed by atoms with Crippen molar-refractivity contribution >= 4 is 16.9 Å². The second-order valence-electron chi connectivity index (χ2n) is 3.68. The maximum atomic E-state index is 11.0. The van der Waals surface area contributed by atoms with Crippen LogP contribution in [-0.4, -0.2) is 22.4 Å². The van der Waals surface area contributed by atoms with Gasteiger partial charge in [0.25, 0.3) is 0 Å². The van der Waals surface area contributed by atoms with Gasteiger partial charge in [-0.3, -0.25) is 0 Å². The third-order valence-electron chi connectivity index (χ3n) is 2.71. The molecule has 0 amide bonds. The normalized spacial score (nSPS) is 13.3. The minimum atomic E-state index is -0.940. The van der Waals surface area contributed by atoms with Crippen molar-refractivity contribution in [1.82, 2.24) is 4.57 Å². The summed E-state index contributed by atoms with van der Waals surface area (Å²) in [6.45, 7) is 0.189. The Bertz CT molecular complexity index is 600. The summed E-state index contributed by atoms with van der Waals surface area (Å²) in [4.78, 5) is 11.0. The largest absolute Gasteiger partial charge is 0.478 e. The van der Waals surface area contributed by atoms with E-state index in [2.05, 4.69) is 0 Å². The molecule has 2 aromatic rings. The summed E-state index contributed by atoms with van der Waals surface area (Å²) in [6.07, 6.45) is 1.59. The molecule has 0 aliphatic carbocycles. The first-order valence-electron chi connectivity index (χ1n) is 4.79. The molecule has 16 heavy (non-hydrogen) atoms. The minimum absolute atomic E-state index is 0.189. The number of aryl methyl sites for hydroxylation is 1. The summed E-state index contributed by atoms with van der Waals surface area (Å²) < 4.78 is 12.2. The van der Waals surface area contributed by atoms with Crippen LogP contribution >= 0.6 is 0 Å². The number of fused-ring (bicyclic) bond motifs is 2. The van der Waals surface area contributed by atoms with Gasteiger partial charge in [-0.15, -0.1) is 0 Å². The van der Waals surface area contributed by atoms with E-state index in [0.29, 0.717) is 16.9 Å². The zero-order chi connectivity index (χ0) is 11.3. The molecule has 0 fully saturated rings. The third-order valence-corrected chi connectivity index (χ3v) is 2.71. The lowest BCUT2D eigenvalue weighted by molar-refractivity contribution is 0.0699. The van der Waals surface area contributed by atoms with Crippen LogP contribution < -0.4 is 9.47 Å². The van der Waals surface area contributed by atoms with Gasteiger partial charge in [-0.05, 0) is 6.07 Å². The molecule has 0 atom stereocenters. The summed E-state index contributed by atoms with van der Waals surface area (Å²) in [7, 11) is 1.80. The van der Waals surface area contributed by atoms with E-state index in [1.165, 1.54) is 0 Å². The lowest BCUT2D eigenvalue weighted by Crippen LogP contribution is -1.94. The number of nitrogens with zero attached hydrogens (tertiary/aromatic N) is 1. The van der Waals surface area contributed by atoms with Crippen molar-refractivity contribution in [1.29, 1.82) is 0 Å². The van der Waals surface area contributed by atoms with Crippen LogP contribution in [0.15, 0.2) is 18.3 Å². The fourth-order valence-electron chi connectivity index (χ4n) is 1.94. The van der Waals surface area contributed by atoms with Crippen LogP contribution in [-0.2, 0) is 7.05 Å². The number of benzene rings is 1. The van der Waals surface area contributed by atoms with Gasteiger partial charge in [0, 0.05) is 24.7 Å². The van der Waals surface area contributed by atoms with Crippen LogP contribution in [0.2, 0.25) is 0 Å². The fourth-order valence-corrected chi connectivity index (χ4v) is 1.94. The van der Waals surface area contributed by atoms with Crippen molar-refractivity contribution in [2.45, 2.75) is 0 Å². The number of hydrogen-bond acceptors (Lipinski definition) is 3. The monoisotopic (exact) mass is 219 g/mol. The summed E-state index contributed by atoms with van der Waals surface area (Å²) in [5, 5.41) is 9.73. The molecule has 1 aliphatic rings. The predicted molar refractivity (Wildman–Crippen MR) is 56.0 cm³/mol. The molecule has 3 rings (SSSR count). The Balaban J connectivity index is 2.36. The van der Waals surface area contributed by atoms with E-state index < -0.39 is 5.97 Å². The highest BCUT2D eigenvalue weighted by Gasteiger charge is 2.19. The first kappa shape index (κ1) is 9.08. The minimum Gasteiger partial charge on any atom is -0.478 e. The molecular weight excluding hydrogens is 210 g/mol. The summed E-state index contributed by atoms with van der Waals surface area (Å²) in [5.74, 6) is 0.316. The zero-order valence-corrected chi connectivity index (χ0v) is 8.56. The number of ether oxygens (including phenoxy) is 2. The number of carboxylic acid groups (broad SMARTS) is 1. The quantitative estimate of drug-likeness (QED) is 0.791. The molecule has 1 aliphatic heterocycles. The molecule has 0 saturated carbocycles. The molecule has 0 bridgehead atoms. The van der Waals surface area contributed by atoms with E-state index in [1.807, 2.05) is 0 Å². The molecule has 5 heteroatoms. The van der Waals surface area contributed by atoms with E-state index in [0.717, 1.165) is 5.52 Å². The number of carboxylic acids is 1. The molecule has 1 aromatic heterocycles. The Morgan fingerprint density at radius 1 is 1.38 bits per heavy atom. The van der Waals surface area contributed by atoms with Crippen molar-refractivity contribution in [3.05, 3.63) is 23.9 Å². The smallest absolute Gasteiger partial charge is 0.337 e. The molecule has 2 heterocycles. The molecular formula is C11H9NO4. The molecule has 0 radical (unpaired) electrons. The first-order valence-corrected chi connectivity index (χ1v) is 4.79. The number of hydrogen-bond donors (Lipinski definition) is 1. The van der Waals surface area contributed by atoms with E-state index in [-0.39, 0.29) is 12.4 Å². The lowest BCUT2D eigenvalue weighted by atomic mass is 10.1. The van der Waals surface area contributed by atoms with E-state index >= 15 is 0 Å². The van der Waals surface area contributed by atoms with Gasteiger partial charge in [0.1, 0.15) is 0 Å². The SMILES string of the molecule is Cn1cc(C(=O)O)c2cc3c(cc21)OCO3. The highest BCUT2D eigenvalue weighted by Crippen LogP contribution is 2.37. The molecule has 0 spiro atoms. The van der Waals surface area contributed by atoms with Crippen LogP contribution in [0.4, 0.5) is 0 Å². The summed E-state index contributed by atoms with van der Waals surface area (Å²) in [5.41, 5.74) is 1.09. The van der Waals surface area contributed by atoms with Gasteiger partial charge in [0.2, 0.25) is 6.79 Å². The fraction of sp³-hybridized carbons (Fsp3) is 0.182. The van der Waals surface area contributed by atoms with Gasteiger partial charge in [-0.2, -0.15) is 0 Å². The molecule has 0 saturated heterocycles. The van der Waals surface area contributed by atoms with Gasteiger partial charge in [0.15, 0.2) is 11.5 Å². The number of aromatic nitrogens is 1. The standard InChI is InChI=1S/C11H9NO4/c1-12-4-7(11(13)14)6-2-9-10(3-8(6)12)16-5-15-9/h2-4H,5H2,1H3,(H,13,14). The Labute approximate surface area is 90.8 Å². The molecule has 0 unspecified atom stereocenters. The van der Waals surface area contributed by atoms with Crippen LogP contribution in [0.5, 0.6) is 11.5 Å². The van der Waals surface area contributed by atoms with Crippen molar-refractivity contribution in [3.63, 3.8) is 0 Å². The first-order chi connectivity index (χ1) is 7.66. The lowest BCUT2D eigenvalue weighted by Gasteiger charge is -1.99. The second kappa shape index (κ2) is 2.91. The summed E-state index contributed by atoms with van der Waals surface area (Å²) >= 11 is 0. The van der Waals surface area contributed by atoms with Gasteiger partial charge in [-0.1, -0.05) is 0 Å². The second-order valence-corrected chi connectivity index (χ2v) is 3.68. The molecule has 1 N–H and O–H groups in total. The van der Waals surface area contributed by atoms with Crippen molar-refractivity contribution in [3.8, 4) is 11.5 Å². The van der Waals surface area contributed by atoms with Crippen LogP contribution in [0.3, 0.4) is 0 Å². The van der Waals surface area contributed by atoms with Gasteiger partial charge >= 0.3 is 5.97 Å². The maximum Gasteiger partial charge on any atom is 0.337 e. The highest BCUT2D eigenvalue weighted by atomic mass is 16.7. The van der Waals surface area contributed by atoms with E-state index in [1.54, 1.807) is 29.9 Å². The molecule has 5 nitrogen and oxygen atoms in total. The van der Waals surface area contributed by atoms with Gasteiger partial charge in [0.05, 0.1) is 11.1 Å². The number of carbonyl (C=O) groups is 1. The van der Waals surface area contributed by atoms with Gasteiger partial charge in [-0.25, -0.2) is 4.79 Å². The van der Waals surface area contributed by atoms with Crippen LogP contribution in [0.1, 0.15) is 10.4 Å². The topological polar surface area (TPSA) is 60.7 Å². The van der Waals surface area contributed by atoms with E-state index in [4.69, 9.17) is 14.6 Å². The Morgan fingerprint density at radius 2 is 2.06 bits per heavy atom. The Morgan fingerprint density at radius 3 is 2.75 bits per heavy atom. The predicted octanol–water partition coefficient (Wildman–Crippen LogP) is 1.61. The average molecular weight is 219 g/mol. The number of aromatic carboxylic acids is 1. The Kier molecular flexibility index (Phi) is 1.65. The van der Waals surface area contributed by atoms with Crippen molar-refractivity contribution in [2.75, 3.05) is 6.79 Å². The summed E-state index contributed by atoms with van der Waals surface area (Å²) in [6, 6.07) is 3.51. The Hall–Kier alpha value is -2.17. The highest BCUT2D eigenvalue weighted by molar-refractivity contribution is 6.04. The molecule has 82 valence electrons. The maximum absolute atomic E-state index is 11.0. The van der Waals surface area contributed by atoms with Crippen molar-refractivity contribution in [2.24, 2.45) is 7.05 Å². The average Bonchev–Trinajstić information content (AvgIpc) is 2.80.